The summed E-state index contributed by atoms with van der Waals surface area (Å²) in [6.07, 6.45) is 4.29. The third-order valence-electron chi connectivity index (χ3n) is 3.89. The molecule has 2 aliphatic rings. The van der Waals surface area contributed by atoms with E-state index in [2.05, 4.69) is 5.32 Å². The van der Waals surface area contributed by atoms with Crippen molar-refractivity contribution in [1.29, 1.82) is 0 Å². The summed E-state index contributed by atoms with van der Waals surface area (Å²) in [7, 11) is -3.17. The van der Waals surface area contributed by atoms with E-state index in [0.29, 0.717) is 12.6 Å². The van der Waals surface area contributed by atoms with Gasteiger partial charge in [-0.1, -0.05) is 0 Å². The molecule has 0 spiro atoms. The largest absolute Gasteiger partial charge is 0.312 e. The molecule has 0 aromatic heterocycles. The molecule has 100 valence electrons. The second kappa shape index (κ2) is 4.52. The van der Waals surface area contributed by atoms with Crippen molar-refractivity contribution >= 4 is 10.0 Å². The molecule has 2 heterocycles. The van der Waals surface area contributed by atoms with E-state index in [0.717, 1.165) is 25.8 Å². The molecule has 2 atom stereocenters. The van der Waals surface area contributed by atoms with Crippen molar-refractivity contribution < 1.29 is 8.42 Å². The summed E-state index contributed by atoms with van der Waals surface area (Å²) >= 11 is 0. The lowest BCUT2D eigenvalue weighted by atomic mass is 10.1. The van der Waals surface area contributed by atoms with E-state index >= 15 is 0 Å². The van der Waals surface area contributed by atoms with Crippen LogP contribution in [0.25, 0.3) is 0 Å². The molecule has 0 bridgehead atoms. The Morgan fingerprint density at radius 1 is 1.18 bits per heavy atom. The highest BCUT2D eigenvalue weighted by atomic mass is 32.2. The Kier molecular flexibility index (Phi) is 3.54. The highest BCUT2D eigenvalue weighted by Gasteiger charge is 2.44. The predicted molar refractivity (Wildman–Crippen MR) is 69.4 cm³/mol. The van der Waals surface area contributed by atoms with Crippen molar-refractivity contribution in [2.24, 2.45) is 0 Å². The first-order valence-corrected chi connectivity index (χ1v) is 8.03. The molecule has 1 N–H and O–H groups in total. The first-order chi connectivity index (χ1) is 7.84. The van der Waals surface area contributed by atoms with E-state index in [4.69, 9.17) is 0 Å². The number of nitrogens with zero attached hydrogens (tertiary/aromatic N) is 1. The Morgan fingerprint density at radius 3 is 2.41 bits per heavy atom. The lowest BCUT2D eigenvalue weighted by molar-refractivity contribution is 0.314. The molecule has 0 aliphatic carbocycles. The van der Waals surface area contributed by atoms with Gasteiger partial charge in [-0.15, -0.1) is 0 Å². The van der Waals surface area contributed by atoms with Crippen molar-refractivity contribution in [3.8, 4) is 0 Å². The lowest BCUT2D eigenvalue weighted by Crippen LogP contribution is -2.51. The molecule has 0 radical (unpaired) electrons. The van der Waals surface area contributed by atoms with E-state index in [1.807, 2.05) is 0 Å². The van der Waals surface area contributed by atoms with Crippen LogP contribution >= 0.6 is 0 Å². The zero-order valence-electron chi connectivity index (χ0n) is 11.1. The van der Waals surface area contributed by atoms with Crippen molar-refractivity contribution in [3.05, 3.63) is 0 Å². The third-order valence-corrected chi connectivity index (χ3v) is 6.51. The first kappa shape index (κ1) is 13.3. The SMILES string of the molecule is CC(C)(C)S(=O)(=O)N1CCCC1C1CCCN1. The van der Waals surface area contributed by atoms with Gasteiger partial charge in [0, 0.05) is 18.6 Å². The molecule has 2 rings (SSSR count). The molecule has 4 nitrogen and oxygen atoms in total. The predicted octanol–water partition coefficient (Wildman–Crippen LogP) is 1.33. The minimum absolute atomic E-state index is 0.182. The summed E-state index contributed by atoms with van der Waals surface area (Å²) in [5, 5.41) is 3.45. The van der Waals surface area contributed by atoms with Crippen LogP contribution in [0, 0.1) is 0 Å². The highest BCUT2D eigenvalue weighted by Crippen LogP contribution is 2.32. The van der Waals surface area contributed by atoms with Gasteiger partial charge in [-0.05, 0) is 53.0 Å². The maximum absolute atomic E-state index is 12.5. The Morgan fingerprint density at radius 2 is 1.88 bits per heavy atom. The molecule has 2 unspecified atom stereocenters. The van der Waals surface area contributed by atoms with Gasteiger partial charge >= 0.3 is 0 Å². The van der Waals surface area contributed by atoms with Crippen LogP contribution in [0.1, 0.15) is 46.5 Å². The van der Waals surface area contributed by atoms with Gasteiger partial charge in [-0.3, -0.25) is 0 Å². The molecular weight excluding hydrogens is 236 g/mol. The summed E-state index contributed by atoms with van der Waals surface area (Å²) in [6, 6.07) is 0.552. The minimum atomic E-state index is -3.17. The smallest absolute Gasteiger partial charge is 0.219 e. The average molecular weight is 260 g/mol. The van der Waals surface area contributed by atoms with Gasteiger partial charge in [-0.2, -0.15) is 4.31 Å². The topological polar surface area (TPSA) is 49.4 Å². The van der Waals surface area contributed by atoms with Crippen molar-refractivity contribution in [2.75, 3.05) is 13.1 Å². The van der Waals surface area contributed by atoms with Gasteiger partial charge in [0.2, 0.25) is 10.0 Å². The quantitative estimate of drug-likeness (QED) is 0.815. The number of hydrogen-bond donors (Lipinski definition) is 1. The number of sulfonamides is 1. The highest BCUT2D eigenvalue weighted by molar-refractivity contribution is 7.90. The van der Waals surface area contributed by atoms with Gasteiger partial charge < -0.3 is 5.32 Å². The summed E-state index contributed by atoms with van der Waals surface area (Å²) in [4.78, 5) is 0. The minimum Gasteiger partial charge on any atom is -0.312 e. The Bertz CT molecular complexity index is 366. The fourth-order valence-corrected chi connectivity index (χ4v) is 4.54. The second-order valence-corrected chi connectivity index (χ2v) is 8.78. The van der Waals surface area contributed by atoms with Crippen LogP contribution in [-0.2, 0) is 10.0 Å². The van der Waals surface area contributed by atoms with Crippen LogP contribution in [0.5, 0.6) is 0 Å². The molecule has 0 amide bonds. The monoisotopic (exact) mass is 260 g/mol. The average Bonchev–Trinajstić information content (AvgIpc) is 2.86. The Labute approximate surface area is 105 Å². The van der Waals surface area contributed by atoms with Crippen LogP contribution in [-0.4, -0.2) is 42.6 Å². The molecule has 0 aromatic rings. The summed E-state index contributed by atoms with van der Waals surface area (Å²) in [5.74, 6) is 0. The van der Waals surface area contributed by atoms with Crippen LogP contribution in [0.2, 0.25) is 0 Å². The van der Waals surface area contributed by atoms with Crippen molar-refractivity contribution in [1.82, 2.24) is 9.62 Å². The van der Waals surface area contributed by atoms with E-state index in [1.165, 1.54) is 6.42 Å². The Balaban J connectivity index is 2.20. The third kappa shape index (κ3) is 2.37. The molecule has 17 heavy (non-hydrogen) atoms. The fourth-order valence-electron chi connectivity index (χ4n) is 2.86. The normalized spacial score (nSPS) is 32.2. The van der Waals surface area contributed by atoms with E-state index < -0.39 is 14.8 Å². The van der Waals surface area contributed by atoms with Crippen LogP contribution in [0.3, 0.4) is 0 Å². The molecule has 2 fully saturated rings. The van der Waals surface area contributed by atoms with E-state index in [-0.39, 0.29) is 6.04 Å². The van der Waals surface area contributed by atoms with Crippen molar-refractivity contribution in [2.45, 2.75) is 63.3 Å². The van der Waals surface area contributed by atoms with Gasteiger partial charge in [0.1, 0.15) is 0 Å². The number of hydrogen-bond acceptors (Lipinski definition) is 3. The zero-order chi connectivity index (χ0) is 12.7. The molecule has 0 saturated carbocycles. The van der Waals surface area contributed by atoms with Gasteiger partial charge in [0.05, 0.1) is 4.75 Å². The molecular formula is C12H24N2O2S. The van der Waals surface area contributed by atoms with E-state index in [9.17, 15) is 8.42 Å². The summed E-state index contributed by atoms with van der Waals surface area (Å²) in [6.45, 7) is 7.10. The maximum Gasteiger partial charge on any atom is 0.219 e. The van der Waals surface area contributed by atoms with Crippen LogP contribution in [0.15, 0.2) is 0 Å². The zero-order valence-corrected chi connectivity index (χ0v) is 11.9. The standard InChI is InChI=1S/C12H24N2O2S/c1-12(2,3)17(15,16)14-9-5-7-11(14)10-6-4-8-13-10/h10-11,13H,4-9H2,1-3H3. The lowest BCUT2D eigenvalue weighted by Gasteiger charge is -2.33. The Hall–Kier alpha value is -0.130. The van der Waals surface area contributed by atoms with E-state index in [1.54, 1.807) is 25.1 Å². The molecule has 2 saturated heterocycles. The van der Waals surface area contributed by atoms with Crippen molar-refractivity contribution in [3.63, 3.8) is 0 Å². The fraction of sp³-hybridized carbons (Fsp3) is 1.00. The van der Waals surface area contributed by atoms with Gasteiger partial charge in [0.15, 0.2) is 0 Å². The van der Waals surface area contributed by atoms with Gasteiger partial charge in [-0.25, -0.2) is 8.42 Å². The molecule has 2 aliphatic heterocycles. The maximum atomic E-state index is 12.5. The first-order valence-electron chi connectivity index (χ1n) is 6.59. The summed E-state index contributed by atoms with van der Waals surface area (Å²) in [5.41, 5.74) is 0. The van der Waals surface area contributed by atoms with Crippen LogP contribution in [0.4, 0.5) is 0 Å². The number of rotatable bonds is 2. The second-order valence-electron chi connectivity index (χ2n) is 6.14. The van der Waals surface area contributed by atoms with Gasteiger partial charge in [0.25, 0.3) is 0 Å². The van der Waals surface area contributed by atoms with Crippen LogP contribution < -0.4 is 5.32 Å². The summed E-state index contributed by atoms with van der Waals surface area (Å²) < 4.78 is 26.1. The number of nitrogens with one attached hydrogen (secondary N) is 1. The molecule has 0 aromatic carbocycles. The molecule has 5 heteroatoms.